The van der Waals surface area contributed by atoms with Gasteiger partial charge in [-0.15, -0.1) is 0 Å². The Balaban J connectivity index is 1.87. The maximum atomic E-state index is 13.3. The van der Waals surface area contributed by atoms with Gasteiger partial charge in [-0.25, -0.2) is 4.79 Å². The first kappa shape index (κ1) is 23.0. The quantitative estimate of drug-likeness (QED) is 0.248. The minimum atomic E-state index is -0.862. The van der Waals surface area contributed by atoms with Crippen molar-refractivity contribution in [2.45, 2.75) is 32.9 Å². The van der Waals surface area contributed by atoms with E-state index in [1.807, 2.05) is 25.1 Å². The molecule has 1 aliphatic heterocycles. The van der Waals surface area contributed by atoms with Gasteiger partial charge in [0.1, 0.15) is 5.76 Å². The van der Waals surface area contributed by atoms with E-state index in [2.05, 4.69) is 0 Å². The third-order valence-corrected chi connectivity index (χ3v) is 5.59. The Morgan fingerprint density at radius 1 is 0.912 bits per heavy atom. The van der Waals surface area contributed by atoms with Crippen LogP contribution in [-0.2, 0) is 14.3 Å². The lowest BCUT2D eigenvalue weighted by atomic mass is 9.95. The second-order valence-corrected chi connectivity index (χ2v) is 8.45. The van der Waals surface area contributed by atoms with Crippen molar-refractivity contribution in [1.82, 2.24) is 0 Å². The Morgan fingerprint density at radius 3 is 2.24 bits per heavy atom. The van der Waals surface area contributed by atoms with Crippen LogP contribution >= 0.6 is 0 Å². The van der Waals surface area contributed by atoms with Gasteiger partial charge in [0.2, 0.25) is 0 Å². The molecule has 1 amide bonds. The fraction of sp³-hybridized carbons (Fsp3) is 0.179. The highest BCUT2D eigenvalue weighted by atomic mass is 16.5. The number of ketones is 1. The molecule has 1 saturated heterocycles. The predicted molar refractivity (Wildman–Crippen MR) is 129 cm³/mol. The number of anilines is 1. The van der Waals surface area contributed by atoms with Crippen LogP contribution < -0.4 is 4.90 Å². The molecule has 0 aliphatic carbocycles. The summed E-state index contributed by atoms with van der Waals surface area (Å²) in [6.07, 6.45) is -0.302. The molecule has 0 aromatic heterocycles. The van der Waals surface area contributed by atoms with Gasteiger partial charge in [0.25, 0.3) is 11.7 Å². The Bertz CT molecular complexity index is 1280. The van der Waals surface area contributed by atoms with Crippen molar-refractivity contribution in [2.24, 2.45) is 0 Å². The molecule has 172 valence electrons. The summed E-state index contributed by atoms with van der Waals surface area (Å²) in [4.78, 5) is 40.3. The van der Waals surface area contributed by atoms with Crippen molar-refractivity contribution in [3.8, 4) is 0 Å². The molecule has 6 nitrogen and oxygen atoms in total. The molecule has 4 rings (SSSR count). The SMILES string of the molecule is Cc1ccc(/C(O)=C2\C(=O)C(=O)N(c3cccc(C(=O)OC(C)C)c3)C2c2ccccc2)cc1. The normalized spacial score (nSPS) is 17.3. The van der Waals surface area contributed by atoms with Gasteiger partial charge in [0.15, 0.2) is 0 Å². The van der Waals surface area contributed by atoms with Gasteiger partial charge in [0.05, 0.1) is 23.3 Å². The molecule has 0 bridgehead atoms. The van der Waals surface area contributed by atoms with Crippen LogP contribution in [0.1, 0.15) is 46.9 Å². The zero-order valence-electron chi connectivity index (χ0n) is 19.2. The number of hydrogen-bond acceptors (Lipinski definition) is 5. The summed E-state index contributed by atoms with van der Waals surface area (Å²) >= 11 is 0. The first-order valence-electron chi connectivity index (χ1n) is 11.0. The molecule has 0 saturated carbocycles. The lowest BCUT2D eigenvalue weighted by molar-refractivity contribution is -0.132. The maximum Gasteiger partial charge on any atom is 0.338 e. The van der Waals surface area contributed by atoms with Crippen LogP contribution in [0.2, 0.25) is 0 Å². The van der Waals surface area contributed by atoms with Gasteiger partial charge in [-0.2, -0.15) is 0 Å². The number of nitrogens with zero attached hydrogens (tertiary/aromatic N) is 1. The number of Topliss-reactive ketones (excluding diaryl/α,β-unsaturated/α-hetero) is 1. The summed E-state index contributed by atoms with van der Waals surface area (Å²) in [7, 11) is 0. The number of ether oxygens (including phenoxy) is 1. The monoisotopic (exact) mass is 455 g/mol. The van der Waals surface area contributed by atoms with E-state index >= 15 is 0 Å². The molecule has 1 aliphatic rings. The summed E-state index contributed by atoms with van der Waals surface area (Å²) in [5.41, 5.74) is 2.72. The Morgan fingerprint density at radius 2 is 1.59 bits per heavy atom. The number of carbonyl (C=O) groups excluding carboxylic acids is 3. The van der Waals surface area contributed by atoms with Crippen LogP contribution in [0.4, 0.5) is 5.69 Å². The van der Waals surface area contributed by atoms with E-state index in [0.29, 0.717) is 16.8 Å². The molecule has 6 heteroatoms. The molecule has 0 radical (unpaired) electrons. The Kier molecular flexibility index (Phi) is 6.32. The van der Waals surface area contributed by atoms with Crippen molar-refractivity contribution in [2.75, 3.05) is 4.90 Å². The smallest absolute Gasteiger partial charge is 0.338 e. The molecule has 1 atom stereocenters. The van der Waals surface area contributed by atoms with Crippen molar-refractivity contribution in [3.63, 3.8) is 0 Å². The van der Waals surface area contributed by atoms with Gasteiger partial charge >= 0.3 is 5.97 Å². The number of rotatable bonds is 5. The van der Waals surface area contributed by atoms with Crippen LogP contribution in [0.5, 0.6) is 0 Å². The number of hydrogen-bond donors (Lipinski definition) is 1. The molecule has 1 unspecified atom stereocenters. The fourth-order valence-electron chi connectivity index (χ4n) is 3.98. The molecule has 1 N–H and O–H groups in total. The van der Waals surface area contributed by atoms with E-state index in [0.717, 1.165) is 5.56 Å². The highest BCUT2D eigenvalue weighted by molar-refractivity contribution is 6.51. The van der Waals surface area contributed by atoms with Crippen LogP contribution in [0, 0.1) is 6.92 Å². The zero-order chi connectivity index (χ0) is 24.4. The lowest BCUT2D eigenvalue weighted by Crippen LogP contribution is -2.29. The number of amides is 1. The minimum Gasteiger partial charge on any atom is -0.507 e. The Hall–Kier alpha value is -4.19. The molecule has 3 aromatic carbocycles. The predicted octanol–water partition coefficient (Wildman–Crippen LogP) is 5.19. The molecule has 34 heavy (non-hydrogen) atoms. The standard InChI is InChI=1S/C28H25NO5/c1-17(2)34-28(33)21-10-7-11-22(16-21)29-24(19-8-5-4-6-9-19)23(26(31)27(29)32)25(30)20-14-12-18(3)13-15-20/h4-17,24,30H,1-3H3/b25-23+. The summed E-state index contributed by atoms with van der Waals surface area (Å²) in [6.45, 7) is 5.42. The number of aliphatic hydroxyl groups is 1. The van der Waals surface area contributed by atoms with Gasteiger partial charge in [-0.05, 0) is 44.5 Å². The first-order chi connectivity index (χ1) is 16.3. The highest BCUT2D eigenvalue weighted by Crippen LogP contribution is 2.42. The van der Waals surface area contributed by atoms with E-state index in [1.165, 1.54) is 11.0 Å². The molecule has 1 fully saturated rings. The van der Waals surface area contributed by atoms with E-state index in [1.54, 1.807) is 68.4 Å². The van der Waals surface area contributed by atoms with E-state index < -0.39 is 23.7 Å². The molecular weight excluding hydrogens is 430 g/mol. The van der Waals surface area contributed by atoms with Crippen LogP contribution in [0.3, 0.4) is 0 Å². The van der Waals surface area contributed by atoms with E-state index in [4.69, 9.17) is 4.74 Å². The van der Waals surface area contributed by atoms with Gasteiger partial charge in [-0.1, -0.05) is 66.2 Å². The second kappa shape index (κ2) is 9.35. The number of aryl methyl sites for hydroxylation is 1. The summed E-state index contributed by atoms with van der Waals surface area (Å²) in [6, 6.07) is 21.6. The van der Waals surface area contributed by atoms with Crippen molar-refractivity contribution < 1.29 is 24.2 Å². The zero-order valence-corrected chi connectivity index (χ0v) is 19.2. The number of carbonyl (C=O) groups is 3. The fourth-order valence-corrected chi connectivity index (χ4v) is 3.98. The second-order valence-electron chi connectivity index (χ2n) is 8.45. The maximum absolute atomic E-state index is 13.3. The summed E-state index contributed by atoms with van der Waals surface area (Å²) in [5, 5.41) is 11.1. The third kappa shape index (κ3) is 4.35. The van der Waals surface area contributed by atoms with Crippen LogP contribution in [-0.4, -0.2) is 28.9 Å². The molecular formula is C28H25NO5. The van der Waals surface area contributed by atoms with Crippen molar-refractivity contribution >= 4 is 29.1 Å². The minimum absolute atomic E-state index is 0.00443. The number of esters is 1. The number of aliphatic hydroxyl groups excluding tert-OH is 1. The largest absolute Gasteiger partial charge is 0.507 e. The average Bonchev–Trinajstić information content (AvgIpc) is 3.10. The third-order valence-electron chi connectivity index (χ3n) is 5.59. The topological polar surface area (TPSA) is 83.9 Å². The highest BCUT2D eigenvalue weighted by Gasteiger charge is 2.47. The first-order valence-corrected chi connectivity index (χ1v) is 11.0. The van der Waals surface area contributed by atoms with Crippen LogP contribution in [0.25, 0.3) is 5.76 Å². The molecule has 1 heterocycles. The summed E-state index contributed by atoms with van der Waals surface area (Å²) in [5.74, 6) is -2.34. The summed E-state index contributed by atoms with van der Waals surface area (Å²) < 4.78 is 5.28. The van der Waals surface area contributed by atoms with E-state index in [9.17, 15) is 19.5 Å². The van der Waals surface area contributed by atoms with Gasteiger partial charge < -0.3 is 9.84 Å². The molecule has 3 aromatic rings. The van der Waals surface area contributed by atoms with Gasteiger partial charge in [0, 0.05) is 11.3 Å². The van der Waals surface area contributed by atoms with Gasteiger partial charge in [-0.3, -0.25) is 14.5 Å². The molecule has 0 spiro atoms. The van der Waals surface area contributed by atoms with Crippen molar-refractivity contribution in [3.05, 3.63) is 107 Å². The Labute approximate surface area is 198 Å². The van der Waals surface area contributed by atoms with E-state index in [-0.39, 0.29) is 23.0 Å². The van der Waals surface area contributed by atoms with Crippen LogP contribution in [0.15, 0.2) is 84.4 Å². The lowest BCUT2D eigenvalue weighted by Gasteiger charge is -2.25. The average molecular weight is 456 g/mol. The number of benzene rings is 3. The van der Waals surface area contributed by atoms with Crippen molar-refractivity contribution in [1.29, 1.82) is 0 Å².